The van der Waals surface area contributed by atoms with E-state index in [0.29, 0.717) is 0 Å². The van der Waals surface area contributed by atoms with Crippen LogP contribution in [0.25, 0.3) is 0 Å². The summed E-state index contributed by atoms with van der Waals surface area (Å²) in [5.41, 5.74) is -0.0779. The minimum atomic E-state index is -0.830. The third kappa shape index (κ3) is 2.90. The second-order valence-electron chi connectivity index (χ2n) is 5.58. The maximum absolute atomic E-state index is 14.0. The first kappa shape index (κ1) is 15.9. The summed E-state index contributed by atoms with van der Waals surface area (Å²) < 4.78 is 33.6. The van der Waals surface area contributed by atoms with E-state index in [9.17, 15) is 13.9 Å². The first-order valence-corrected chi connectivity index (χ1v) is 7.58. The number of hydrogen-bond donors (Lipinski definition) is 1. The molecule has 1 aliphatic heterocycles. The summed E-state index contributed by atoms with van der Waals surface area (Å²) in [6, 6.07) is 2.53. The molecule has 20 heavy (non-hydrogen) atoms. The van der Waals surface area contributed by atoms with Crippen molar-refractivity contribution < 1.29 is 18.6 Å². The van der Waals surface area contributed by atoms with Gasteiger partial charge in [0.2, 0.25) is 0 Å². The second-order valence-corrected chi connectivity index (χ2v) is 6.43. The fourth-order valence-electron chi connectivity index (χ4n) is 3.06. The Bertz CT molecular complexity index is 495. The van der Waals surface area contributed by atoms with Gasteiger partial charge in [-0.1, -0.05) is 6.92 Å². The Labute approximate surface area is 126 Å². The molecule has 5 heteroatoms. The van der Waals surface area contributed by atoms with Gasteiger partial charge in [0.25, 0.3) is 0 Å². The van der Waals surface area contributed by atoms with Gasteiger partial charge in [-0.3, -0.25) is 0 Å². The maximum Gasteiger partial charge on any atom is 0.143 e. The highest BCUT2D eigenvalue weighted by Crippen LogP contribution is 2.36. The molecule has 2 rings (SSSR count). The summed E-state index contributed by atoms with van der Waals surface area (Å²) in [7, 11) is 0. The Hall–Kier alpha value is -0.520. The van der Waals surface area contributed by atoms with Gasteiger partial charge >= 0.3 is 0 Å². The van der Waals surface area contributed by atoms with Gasteiger partial charge in [-0.25, -0.2) is 8.78 Å². The van der Waals surface area contributed by atoms with Crippen molar-refractivity contribution in [2.75, 3.05) is 0 Å². The molecule has 112 valence electrons. The normalized spacial score (nSPS) is 31.6. The predicted octanol–water partition coefficient (Wildman–Crippen LogP) is 3.69. The molecule has 0 spiro atoms. The minimum Gasteiger partial charge on any atom is -0.392 e. The molecule has 1 aliphatic rings. The van der Waals surface area contributed by atoms with Crippen LogP contribution < -0.4 is 0 Å². The highest BCUT2D eigenvalue weighted by Gasteiger charge is 2.41. The zero-order valence-electron chi connectivity index (χ0n) is 11.7. The minimum absolute atomic E-state index is 0.0434. The third-order valence-electron chi connectivity index (χ3n) is 4.32. The summed E-state index contributed by atoms with van der Waals surface area (Å²) in [6.07, 6.45) is -0.953. The van der Waals surface area contributed by atoms with E-state index in [0.717, 1.165) is 0 Å². The lowest BCUT2D eigenvalue weighted by Gasteiger charge is -2.25. The van der Waals surface area contributed by atoms with Gasteiger partial charge in [0.05, 0.1) is 22.8 Å². The molecular formula is C15H19BrF2O2. The Morgan fingerprint density at radius 2 is 1.90 bits per heavy atom. The van der Waals surface area contributed by atoms with Crippen LogP contribution in [0.3, 0.4) is 0 Å². The van der Waals surface area contributed by atoms with Gasteiger partial charge in [-0.2, -0.15) is 0 Å². The topological polar surface area (TPSA) is 29.5 Å². The van der Waals surface area contributed by atoms with Crippen molar-refractivity contribution in [2.24, 2.45) is 11.8 Å². The van der Waals surface area contributed by atoms with Crippen LogP contribution in [0, 0.1) is 23.5 Å². The zero-order valence-corrected chi connectivity index (χ0v) is 13.3. The zero-order chi connectivity index (χ0) is 15.0. The highest BCUT2D eigenvalue weighted by molar-refractivity contribution is 9.10. The largest absolute Gasteiger partial charge is 0.392 e. The lowest BCUT2D eigenvalue weighted by atomic mass is 9.82. The Morgan fingerprint density at radius 1 is 1.25 bits per heavy atom. The molecule has 0 saturated carbocycles. The van der Waals surface area contributed by atoms with Gasteiger partial charge in [0, 0.05) is 17.9 Å². The summed E-state index contributed by atoms with van der Waals surface area (Å²) in [5.74, 6) is -1.24. The second kappa shape index (κ2) is 6.08. The average molecular weight is 349 g/mol. The van der Waals surface area contributed by atoms with Crippen LogP contribution in [0.15, 0.2) is 16.6 Å². The first-order valence-electron chi connectivity index (χ1n) is 6.78. The van der Waals surface area contributed by atoms with E-state index < -0.39 is 17.7 Å². The van der Waals surface area contributed by atoms with Crippen molar-refractivity contribution in [1.82, 2.24) is 0 Å². The van der Waals surface area contributed by atoms with Crippen LogP contribution in [-0.4, -0.2) is 23.4 Å². The number of aliphatic hydroxyl groups excluding tert-OH is 1. The molecule has 0 aliphatic carbocycles. The molecule has 1 N–H and O–H groups in total. The van der Waals surface area contributed by atoms with Gasteiger partial charge in [-0.15, -0.1) is 0 Å². The summed E-state index contributed by atoms with van der Waals surface area (Å²) in [6.45, 7) is 5.84. The Balaban J connectivity index is 2.20. The third-order valence-corrected chi connectivity index (χ3v) is 4.93. The van der Waals surface area contributed by atoms with Crippen molar-refractivity contribution in [3.63, 3.8) is 0 Å². The smallest absolute Gasteiger partial charge is 0.143 e. The van der Waals surface area contributed by atoms with E-state index in [1.165, 1.54) is 12.1 Å². The lowest BCUT2D eigenvalue weighted by molar-refractivity contribution is 0.0234. The first-order chi connectivity index (χ1) is 9.32. The fraction of sp³-hybridized carbons (Fsp3) is 0.600. The molecule has 1 heterocycles. The lowest BCUT2D eigenvalue weighted by Crippen LogP contribution is -2.33. The van der Waals surface area contributed by atoms with Crippen LogP contribution >= 0.6 is 15.9 Å². The fourth-order valence-corrected chi connectivity index (χ4v) is 3.43. The molecule has 5 unspecified atom stereocenters. The number of rotatable bonds is 3. The SMILES string of the molecule is CC1OC(C)C(C(O)Cc2c(F)ccc(Br)c2F)C1C. The molecule has 0 aromatic heterocycles. The summed E-state index contributed by atoms with van der Waals surface area (Å²) >= 11 is 3.04. The van der Waals surface area contributed by atoms with Crippen molar-refractivity contribution in [2.45, 2.75) is 45.5 Å². The van der Waals surface area contributed by atoms with Crippen LogP contribution in [-0.2, 0) is 11.2 Å². The van der Waals surface area contributed by atoms with E-state index >= 15 is 0 Å². The van der Waals surface area contributed by atoms with Crippen molar-refractivity contribution in [3.8, 4) is 0 Å². The van der Waals surface area contributed by atoms with Gasteiger partial charge in [0.1, 0.15) is 11.6 Å². The Morgan fingerprint density at radius 3 is 2.45 bits per heavy atom. The van der Waals surface area contributed by atoms with E-state index in [4.69, 9.17) is 4.74 Å². The number of benzene rings is 1. The van der Waals surface area contributed by atoms with Crippen LogP contribution in [0.4, 0.5) is 8.78 Å². The molecule has 1 aromatic carbocycles. The summed E-state index contributed by atoms with van der Waals surface area (Å²) in [4.78, 5) is 0. The molecule has 5 atom stereocenters. The van der Waals surface area contributed by atoms with Gasteiger partial charge < -0.3 is 9.84 Å². The number of aliphatic hydroxyl groups is 1. The van der Waals surface area contributed by atoms with E-state index in [-0.39, 0.29) is 40.5 Å². The van der Waals surface area contributed by atoms with E-state index in [1.807, 2.05) is 20.8 Å². The van der Waals surface area contributed by atoms with E-state index in [2.05, 4.69) is 15.9 Å². The highest BCUT2D eigenvalue weighted by atomic mass is 79.9. The number of ether oxygens (including phenoxy) is 1. The molecule has 0 amide bonds. The van der Waals surface area contributed by atoms with Crippen LogP contribution in [0.5, 0.6) is 0 Å². The van der Waals surface area contributed by atoms with Crippen molar-refractivity contribution in [1.29, 1.82) is 0 Å². The Kier molecular flexibility index (Phi) is 4.82. The predicted molar refractivity (Wildman–Crippen MR) is 76.4 cm³/mol. The van der Waals surface area contributed by atoms with E-state index in [1.54, 1.807) is 0 Å². The van der Waals surface area contributed by atoms with Gasteiger partial charge in [0.15, 0.2) is 0 Å². The van der Waals surface area contributed by atoms with Crippen LogP contribution in [0.2, 0.25) is 0 Å². The number of hydrogen-bond acceptors (Lipinski definition) is 2. The maximum atomic E-state index is 14.0. The molecule has 1 saturated heterocycles. The standard InChI is InChI=1S/C15H19BrF2O2/c1-7-8(2)20-9(3)14(7)13(19)6-10-12(17)5-4-11(16)15(10)18/h4-5,7-9,13-14,19H,6H2,1-3H3. The monoisotopic (exact) mass is 348 g/mol. The molecule has 1 fully saturated rings. The molecule has 0 bridgehead atoms. The van der Waals surface area contributed by atoms with Gasteiger partial charge in [-0.05, 0) is 47.8 Å². The van der Waals surface area contributed by atoms with Crippen molar-refractivity contribution >= 4 is 15.9 Å². The molecule has 2 nitrogen and oxygen atoms in total. The number of halogens is 3. The molecular weight excluding hydrogens is 330 g/mol. The van der Waals surface area contributed by atoms with Crippen molar-refractivity contribution in [3.05, 3.63) is 33.8 Å². The van der Waals surface area contributed by atoms with Crippen LogP contribution in [0.1, 0.15) is 26.3 Å². The quantitative estimate of drug-likeness (QED) is 0.844. The molecule has 1 aromatic rings. The summed E-state index contributed by atoms with van der Waals surface area (Å²) in [5, 5.41) is 10.4. The molecule has 0 radical (unpaired) electrons. The average Bonchev–Trinajstić information content (AvgIpc) is 2.63.